The van der Waals surface area contributed by atoms with Crippen molar-refractivity contribution in [3.63, 3.8) is 0 Å². The predicted molar refractivity (Wildman–Crippen MR) is 75.3 cm³/mol. The van der Waals surface area contributed by atoms with Crippen molar-refractivity contribution in [2.45, 2.75) is 25.8 Å². The minimum absolute atomic E-state index is 0.298. The van der Waals surface area contributed by atoms with Gasteiger partial charge in [0.25, 0.3) is 0 Å². The first-order valence-corrected chi connectivity index (χ1v) is 6.31. The van der Waals surface area contributed by atoms with E-state index in [0.29, 0.717) is 19.2 Å². The van der Waals surface area contributed by atoms with E-state index in [4.69, 9.17) is 15.2 Å². The molecule has 1 atom stereocenters. The van der Waals surface area contributed by atoms with Crippen molar-refractivity contribution in [1.29, 1.82) is 0 Å². The lowest BCUT2D eigenvalue weighted by atomic mass is 10.1. The molecule has 4 heteroatoms. The zero-order valence-electron chi connectivity index (χ0n) is 11.5. The maximum Gasteiger partial charge on any atom is 0.121 e. The van der Waals surface area contributed by atoms with Crippen LogP contribution >= 0.6 is 0 Å². The largest absolute Gasteiger partial charge is 0.496 e. The number of hydrogen-bond acceptors (Lipinski definition) is 4. The van der Waals surface area contributed by atoms with Crippen LogP contribution in [0.5, 0.6) is 5.75 Å². The molecule has 0 amide bonds. The van der Waals surface area contributed by atoms with Gasteiger partial charge >= 0.3 is 0 Å². The predicted octanol–water partition coefficient (Wildman–Crippen LogP) is 2.17. The second-order valence-electron chi connectivity index (χ2n) is 4.41. The highest BCUT2D eigenvalue weighted by molar-refractivity contribution is 5.51. The van der Waals surface area contributed by atoms with Crippen molar-refractivity contribution < 1.29 is 9.47 Å². The number of aryl methyl sites for hydroxylation is 1. The molecule has 0 aliphatic carbocycles. The van der Waals surface area contributed by atoms with E-state index in [9.17, 15) is 0 Å². The number of nitrogens with one attached hydrogen (secondary N) is 1. The molecule has 0 aliphatic rings. The maximum atomic E-state index is 5.54. The van der Waals surface area contributed by atoms with Crippen molar-refractivity contribution in [1.82, 2.24) is 0 Å². The van der Waals surface area contributed by atoms with Gasteiger partial charge in [0, 0.05) is 18.8 Å². The number of methoxy groups -OCH3 is 2. The van der Waals surface area contributed by atoms with Crippen molar-refractivity contribution in [3.8, 4) is 5.75 Å². The zero-order chi connectivity index (χ0) is 13.4. The third-order valence-corrected chi connectivity index (χ3v) is 2.89. The molecule has 102 valence electrons. The van der Waals surface area contributed by atoms with Gasteiger partial charge in [0.05, 0.1) is 13.7 Å². The molecule has 0 fully saturated rings. The Bertz CT molecular complexity index is 356. The summed E-state index contributed by atoms with van der Waals surface area (Å²) in [6.45, 7) is 3.43. The van der Waals surface area contributed by atoms with E-state index >= 15 is 0 Å². The first-order valence-electron chi connectivity index (χ1n) is 6.31. The Morgan fingerprint density at radius 1 is 1.33 bits per heavy atom. The van der Waals surface area contributed by atoms with Crippen LogP contribution in [-0.4, -0.2) is 33.4 Å². The van der Waals surface area contributed by atoms with Crippen LogP contribution in [0.1, 0.15) is 18.4 Å². The summed E-state index contributed by atoms with van der Waals surface area (Å²) >= 11 is 0. The van der Waals surface area contributed by atoms with Gasteiger partial charge in [0.2, 0.25) is 0 Å². The number of anilines is 1. The number of rotatable bonds is 8. The fourth-order valence-corrected chi connectivity index (χ4v) is 1.97. The molecule has 1 aromatic carbocycles. The van der Waals surface area contributed by atoms with Gasteiger partial charge in [-0.3, -0.25) is 0 Å². The highest BCUT2D eigenvalue weighted by Gasteiger charge is 2.08. The van der Waals surface area contributed by atoms with Gasteiger partial charge in [-0.15, -0.1) is 0 Å². The van der Waals surface area contributed by atoms with Gasteiger partial charge in [-0.25, -0.2) is 0 Å². The van der Waals surface area contributed by atoms with Crippen LogP contribution in [0.4, 0.5) is 5.69 Å². The molecule has 4 nitrogen and oxygen atoms in total. The van der Waals surface area contributed by atoms with E-state index in [1.165, 1.54) is 0 Å². The molecule has 18 heavy (non-hydrogen) atoms. The molecule has 3 N–H and O–H groups in total. The Morgan fingerprint density at radius 3 is 2.67 bits per heavy atom. The lowest BCUT2D eigenvalue weighted by Gasteiger charge is -2.19. The molecule has 0 bridgehead atoms. The summed E-state index contributed by atoms with van der Waals surface area (Å²) in [6, 6.07) is 6.39. The van der Waals surface area contributed by atoms with E-state index in [1.807, 2.05) is 19.1 Å². The Kier molecular flexibility index (Phi) is 6.54. The summed E-state index contributed by atoms with van der Waals surface area (Å²) in [5, 5.41) is 3.47. The fourth-order valence-electron chi connectivity index (χ4n) is 1.97. The molecule has 0 radical (unpaired) electrons. The van der Waals surface area contributed by atoms with Gasteiger partial charge in [0.1, 0.15) is 5.75 Å². The Hall–Kier alpha value is -1.26. The average molecular weight is 252 g/mol. The highest BCUT2D eigenvalue weighted by Crippen LogP contribution is 2.22. The quantitative estimate of drug-likeness (QED) is 0.744. The molecule has 0 saturated heterocycles. The van der Waals surface area contributed by atoms with Gasteiger partial charge in [0.15, 0.2) is 0 Å². The van der Waals surface area contributed by atoms with Crippen LogP contribution in [0.25, 0.3) is 0 Å². The third kappa shape index (κ3) is 4.55. The summed E-state index contributed by atoms with van der Waals surface area (Å²) in [4.78, 5) is 0. The topological polar surface area (TPSA) is 56.5 Å². The second kappa shape index (κ2) is 7.95. The van der Waals surface area contributed by atoms with Crippen LogP contribution in [0.3, 0.4) is 0 Å². The number of nitrogens with two attached hydrogens (primary N) is 1. The first-order chi connectivity index (χ1) is 8.71. The minimum atomic E-state index is 0.298. The highest BCUT2D eigenvalue weighted by atomic mass is 16.5. The normalized spacial score (nSPS) is 12.2. The van der Waals surface area contributed by atoms with Gasteiger partial charge in [-0.1, -0.05) is 0 Å². The SMILES string of the molecule is COCC(CCCN)Nc1ccc(OC)c(C)c1. The van der Waals surface area contributed by atoms with Crippen LogP contribution in [0.15, 0.2) is 18.2 Å². The Balaban J connectivity index is 2.64. The minimum Gasteiger partial charge on any atom is -0.496 e. The van der Waals surface area contributed by atoms with Gasteiger partial charge in [-0.05, 0) is 50.1 Å². The summed E-state index contributed by atoms with van der Waals surface area (Å²) in [6.07, 6.45) is 2.01. The first kappa shape index (κ1) is 14.8. The van der Waals surface area contributed by atoms with Crippen LogP contribution in [0, 0.1) is 6.92 Å². The third-order valence-electron chi connectivity index (χ3n) is 2.89. The molecule has 0 aliphatic heterocycles. The lowest BCUT2D eigenvalue weighted by molar-refractivity contribution is 0.182. The molecule has 0 aromatic heterocycles. The zero-order valence-corrected chi connectivity index (χ0v) is 11.5. The van der Waals surface area contributed by atoms with Crippen molar-refractivity contribution in [2.24, 2.45) is 5.73 Å². The van der Waals surface area contributed by atoms with Crippen LogP contribution in [0.2, 0.25) is 0 Å². The summed E-state index contributed by atoms with van der Waals surface area (Å²) < 4.78 is 10.5. The van der Waals surface area contributed by atoms with Gasteiger partial charge < -0.3 is 20.5 Å². The molecular weight excluding hydrogens is 228 g/mol. The molecule has 0 spiro atoms. The van der Waals surface area contributed by atoms with E-state index in [1.54, 1.807) is 14.2 Å². The maximum absolute atomic E-state index is 5.54. The Labute approximate surface area is 109 Å². The summed E-state index contributed by atoms with van der Waals surface area (Å²) in [7, 11) is 3.40. The van der Waals surface area contributed by atoms with E-state index < -0.39 is 0 Å². The molecule has 1 rings (SSSR count). The molecule has 1 aromatic rings. The smallest absolute Gasteiger partial charge is 0.121 e. The van der Waals surface area contributed by atoms with Crippen LogP contribution < -0.4 is 15.8 Å². The molecular formula is C14H24N2O2. The lowest BCUT2D eigenvalue weighted by Crippen LogP contribution is -2.25. The average Bonchev–Trinajstić information content (AvgIpc) is 2.36. The van der Waals surface area contributed by atoms with Gasteiger partial charge in [-0.2, -0.15) is 0 Å². The molecule has 1 unspecified atom stereocenters. The Morgan fingerprint density at radius 2 is 2.11 bits per heavy atom. The second-order valence-corrected chi connectivity index (χ2v) is 4.41. The number of benzene rings is 1. The fraction of sp³-hybridized carbons (Fsp3) is 0.571. The summed E-state index contributed by atoms with van der Waals surface area (Å²) in [5.74, 6) is 0.908. The van der Waals surface area contributed by atoms with E-state index in [-0.39, 0.29) is 0 Å². The van der Waals surface area contributed by atoms with Crippen molar-refractivity contribution in [3.05, 3.63) is 23.8 Å². The van der Waals surface area contributed by atoms with Crippen LogP contribution in [-0.2, 0) is 4.74 Å². The van der Waals surface area contributed by atoms with E-state index in [2.05, 4.69) is 11.4 Å². The van der Waals surface area contributed by atoms with Crippen molar-refractivity contribution in [2.75, 3.05) is 32.7 Å². The summed E-state index contributed by atoms with van der Waals surface area (Å²) in [5.41, 5.74) is 7.76. The monoisotopic (exact) mass is 252 g/mol. The van der Waals surface area contributed by atoms with E-state index in [0.717, 1.165) is 29.8 Å². The van der Waals surface area contributed by atoms with Crippen molar-refractivity contribution >= 4 is 5.69 Å². The standard InChI is InChI=1S/C14H24N2O2/c1-11-9-12(6-7-14(11)18-3)16-13(10-17-2)5-4-8-15/h6-7,9,13,16H,4-5,8,10,15H2,1-3H3. The molecule has 0 heterocycles. The molecule has 0 saturated carbocycles. The number of hydrogen-bond donors (Lipinski definition) is 2. The number of ether oxygens (including phenoxy) is 2.